The molecule has 7 heteroatoms. The van der Waals surface area contributed by atoms with Crippen molar-refractivity contribution in [3.05, 3.63) is 22.3 Å². The molecule has 0 unspecified atom stereocenters. The summed E-state index contributed by atoms with van der Waals surface area (Å²) >= 11 is 7.18. The lowest BCUT2D eigenvalue weighted by Crippen LogP contribution is -2.41. The molecule has 2 aromatic heterocycles. The van der Waals surface area contributed by atoms with Crippen molar-refractivity contribution < 1.29 is 9.90 Å². The molecule has 1 aliphatic rings. The molecule has 0 bridgehead atoms. The Morgan fingerprint density at radius 1 is 1.39 bits per heavy atom. The van der Waals surface area contributed by atoms with Gasteiger partial charge in [-0.15, -0.1) is 11.3 Å². The Kier molecular flexibility index (Phi) is 4.58. The largest absolute Gasteiger partial charge is 0.390 e. The smallest absolute Gasteiger partial charge is 0.253 e. The molecule has 1 saturated carbocycles. The average Bonchev–Trinajstić information content (AvgIpc) is 2.85. The fourth-order valence-corrected chi connectivity index (χ4v) is 4.15. The first-order valence-electron chi connectivity index (χ1n) is 7.78. The first-order chi connectivity index (χ1) is 10.8. The van der Waals surface area contributed by atoms with E-state index < -0.39 is 5.60 Å². The predicted octanol–water partition coefficient (Wildman–Crippen LogP) is 3.40. The monoisotopic (exact) mass is 353 g/mol. The summed E-state index contributed by atoms with van der Waals surface area (Å²) in [5.41, 5.74) is 0.458. The number of halogens is 1. The van der Waals surface area contributed by atoms with Crippen LogP contribution < -0.4 is 5.32 Å². The highest BCUT2D eigenvalue weighted by atomic mass is 35.5. The number of nitrogens with one attached hydrogen (secondary N) is 1. The van der Waals surface area contributed by atoms with Crippen LogP contribution in [0.15, 0.2) is 12.3 Å². The molecular weight excluding hydrogens is 334 g/mol. The molecular formula is C16H20ClN3O2S. The van der Waals surface area contributed by atoms with Crippen LogP contribution in [0.3, 0.4) is 0 Å². The van der Waals surface area contributed by atoms with Gasteiger partial charge in [0.05, 0.1) is 15.9 Å². The van der Waals surface area contributed by atoms with Crippen molar-refractivity contribution in [2.45, 2.75) is 51.2 Å². The number of rotatable bonds is 3. The van der Waals surface area contributed by atoms with Crippen LogP contribution in [0.5, 0.6) is 0 Å². The third-order valence-electron chi connectivity index (χ3n) is 4.54. The Hall–Kier alpha value is -1.24. The van der Waals surface area contributed by atoms with Gasteiger partial charge in [0.25, 0.3) is 5.91 Å². The number of carbonyl (C=O) groups excluding carboxylic acids is 1. The van der Waals surface area contributed by atoms with Crippen LogP contribution in [0, 0.1) is 5.92 Å². The second-order valence-electron chi connectivity index (χ2n) is 6.69. The van der Waals surface area contributed by atoms with E-state index in [-0.39, 0.29) is 11.9 Å². The highest BCUT2D eigenvalue weighted by Crippen LogP contribution is 2.32. The lowest BCUT2D eigenvalue weighted by molar-refractivity contribution is -0.00257. The van der Waals surface area contributed by atoms with Crippen molar-refractivity contribution in [3.8, 4) is 0 Å². The van der Waals surface area contributed by atoms with E-state index in [1.54, 1.807) is 6.07 Å². The quantitative estimate of drug-likeness (QED) is 0.886. The minimum Gasteiger partial charge on any atom is -0.390 e. The summed E-state index contributed by atoms with van der Waals surface area (Å²) in [6.45, 7) is 3.72. The van der Waals surface area contributed by atoms with Crippen LogP contribution in [0.4, 0.5) is 0 Å². The van der Waals surface area contributed by atoms with Gasteiger partial charge in [-0.3, -0.25) is 4.79 Å². The molecule has 0 aliphatic heterocycles. The Balaban J connectivity index is 1.62. The van der Waals surface area contributed by atoms with Gasteiger partial charge in [-0.05, 0) is 51.5 Å². The standard InChI is InChI=1S/C16H20ClN3O2S/c1-16(2,22)10-3-5-11(6-4-10)19-14(21)9-7-12-13(18-8-9)20-15(17)23-12/h7-8,10-11,22H,3-6H2,1-2H3,(H,19,21)/t10-,11-. The van der Waals surface area contributed by atoms with Crippen LogP contribution in [0.25, 0.3) is 10.3 Å². The molecule has 0 saturated heterocycles. The molecule has 2 aromatic rings. The molecule has 5 nitrogen and oxygen atoms in total. The summed E-state index contributed by atoms with van der Waals surface area (Å²) in [5.74, 6) is 0.184. The molecule has 0 radical (unpaired) electrons. The number of hydrogen-bond acceptors (Lipinski definition) is 5. The van der Waals surface area contributed by atoms with Crippen molar-refractivity contribution >= 4 is 39.2 Å². The summed E-state index contributed by atoms with van der Waals surface area (Å²) in [6, 6.07) is 1.94. The summed E-state index contributed by atoms with van der Waals surface area (Å²) < 4.78 is 1.24. The zero-order valence-corrected chi connectivity index (χ0v) is 14.7. The number of thiazole rings is 1. The number of aliphatic hydroxyl groups is 1. The normalized spacial score (nSPS) is 22.3. The number of pyridine rings is 1. The van der Waals surface area contributed by atoms with Gasteiger partial charge in [0.1, 0.15) is 0 Å². The molecule has 1 fully saturated rings. The lowest BCUT2D eigenvalue weighted by atomic mass is 9.77. The van der Waals surface area contributed by atoms with Crippen LogP contribution in [-0.2, 0) is 0 Å². The zero-order valence-electron chi connectivity index (χ0n) is 13.2. The summed E-state index contributed by atoms with van der Waals surface area (Å²) in [4.78, 5) is 20.7. The van der Waals surface area contributed by atoms with Gasteiger partial charge >= 0.3 is 0 Å². The van der Waals surface area contributed by atoms with Crippen molar-refractivity contribution in [1.82, 2.24) is 15.3 Å². The Labute approximate surface area is 144 Å². The van der Waals surface area contributed by atoms with Crippen LogP contribution >= 0.6 is 22.9 Å². The number of nitrogens with zero attached hydrogens (tertiary/aromatic N) is 2. The number of carbonyl (C=O) groups is 1. The number of hydrogen-bond donors (Lipinski definition) is 2. The van der Waals surface area contributed by atoms with Crippen molar-refractivity contribution in [2.75, 3.05) is 0 Å². The van der Waals surface area contributed by atoms with Gasteiger partial charge in [0.2, 0.25) is 0 Å². The molecule has 1 amide bonds. The van der Waals surface area contributed by atoms with E-state index >= 15 is 0 Å². The third kappa shape index (κ3) is 3.82. The van der Waals surface area contributed by atoms with E-state index in [2.05, 4.69) is 15.3 Å². The van der Waals surface area contributed by atoms with E-state index in [9.17, 15) is 9.90 Å². The molecule has 124 valence electrons. The van der Waals surface area contributed by atoms with Gasteiger partial charge in [0.15, 0.2) is 10.1 Å². The highest BCUT2D eigenvalue weighted by molar-refractivity contribution is 7.22. The molecule has 0 atom stereocenters. The van der Waals surface area contributed by atoms with E-state index in [1.165, 1.54) is 17.5 Å². The third-order valence-corrected chi connectivity index (χ3v) is 5.64. The lowest BCUT2D eigenvalue weighted by Gasteiger charge is -2.36. The van der Waals surface area contributed by atoms with E-state index in [4.69, 9.17) is 11.6 Å². The molecule has 2 heterocycles. The summed E-state index contributed by atoms with van der Waals surface area (Å²) in [5, 5.41) is 13.1. The van der Waals surface area contributed by atoms with E-state index in [0.717, 1.165) is 30.4 Å². The Bertz CT molecular complexity index is 718. The first-order valence-corrected chi connectivity index (χ1v) is 8.97. The van der Waals surface area contributed by atoms with Crippen molar-refractivity contribution in [2.24, 2.45) is 5.92 Å². The number of amides is 1. The minimum atomic E-state index is -0.643. The van der Waals surface area contributed by atoms with Gasteiger partial charge in [0, 0.05) is 12.2 Å². The van der Waals surface area contributed by atoms with Crippen LogP contribution in [-0.4, -0.2) is 32.6 Å². The fourth-order valence-electron chi connectivity index (χ4n) is 3.13. The fraction of sp³-hybridized carbons (Fsp3) is 0.562. The second-order valence-corrected chi connectivity index (χ2v) is 8.30. The van der Waals surface area contributed by atoms with Crippen molar-refractivity contribution in [3.63, 3.8) is 0 Å². The number of aromatic nitrogens is 2. The molecule has 23 heavy (non-hydrogen) atoms. The Morgan fingerprint density at radius 3 is 2.74 bits per heavy atom. The van der Waals surface area contributed by atoms with Gasteiger partial charge in [-0.1, -0.05) is 11.6 Å². The summed E-state index contributed by atoms with van der Waals surface area (Å²) in [6.07, 6.45) is 5.17. The molecule has 1 aliphatic carbocycles. The average molecular weight is 354 g/mol. The SMILES string of the molecule is CC(C)(O)[C@H]1CC[C@H](NC(=O)c2cnc3nc(Cl)sc3c2)CC1. The van der Waals surface area contributed by atoms with Crippen molar-refractivity contribution in [1.29, 1.82) is 0 Å². The highest BCUT2D eigenvalue weighted by Gasteiger charge is 2.31. The molecule has 0 spiro atoms. The van der Waals surface area contributed by atoms with E-state index in [1.807, 2.05) is 13.8 Å². The molecule has 3 rings (SSSR count). The maximum atomic E-state index is 12.4. The number of fused-ring (bicyclic) bond motifs is 1. The van der Waals surface area contributed by atoms with Crippen LogP contribution in [0.1, 0.15) is 49.9 Å². The molecule has 0 aromatic carbocycles. The minimum absolute atomic E-state index is 0.115. The second kappa shape index (κ2) is 6.34. The van der Waals surface area contributed by atoms with Gasteiger partial charge < -0.3 is 10.4 Å². The maximum absolute atomic E-state index is 12.4. The molecule has 2 N–H and O–H groups in total. The first kappa shape index (κ1) is 16.6. The van der Waals surface area contributed by atoms with Crippen LogP contribution in [0.2, 0.25) is 4.47 Å². The van der Waals surface area contributed by atoms with Gasteiger partial charge in [-0.2, -0.15) is 0 Å². The van der Waals surface area contributed by atoms with Gasteiger partial charge in [-0.25, -0.2) is 9.97 Å². The predicted molar refractivity (Wildman–Crippen MR) is 91.9 cm³/mol. The topological polar surface area (TPSA) is 75.1 Å². The zero-order chi connectivity index (χ0) is 16.6. The Morgan fingerprint density at radius 2 is 2.09 bits per heavy atom. The summed E-state index contributed by atoms with van der Waals surface area (Å²) in [7, 11) is 0. The maximum Gasteiger partial charge on any atom is 0.253 e. The van der Waals surface area contributed by atoms with E-state index in [0.29, 0.717) is 21.6 Å².